The van der Waals surface area contributed by atoms with Gasteiger partial charge in [-0.25, -0.2) is 0 Å². The van der Waals surface area contributed by atoms with Crippen LogP contribution in [-0.4, -0.2) is 0 Å². The Balaban J connectivity index is 0.906. The standard InChI is InChI=1S/C57H41NS/c1-57(2)53-14-8-6-12-49(53)51-36-44(26-34-54(51)57)42-18-16-39(17-19-42)41-22-30-47(31-23-41)58(46-28-20-40(21-29-46)38-10-4-3-5-11-38)48-32-24-43(25-33-48)45-27-35-56-52(37-45)50-13-7-9-15-55(50)59-56/h3-37H,1-2H3. The second kappa shape index (κ2) is 14.1. The molecule has 9 aromatic carbocycles. The molecule has 2 heteroatoms. The van der Waals surface area contributed by atoms with Crippen LogP contribution in [0, 0.1) is 0 Å². The van der Waals surface area contributed by atoms with Gasteiger partial charge in [0, 0.05) is 42.6 Å². The highest BCUT2D eigenvalue weighted by Gasteiger charge is 2.35. The molecule has 0 unspecified atom stereocenters. The molecule has 0 fully saturated rings. The first-order valence-corrected chi connectivity index (χ1v) is 21.2. The summed E-state index contributed by atoms with van der Waals surface area (Å²) in [6, 6.07) is 78.0. The average Bonchev–Trinajstić information content (AvgIpc) is 3.78. The van der Waals surface area contributed by atoms with Crippen LogP contribution in [0.3, 0.4) is 0 Å². The van der Waals surface area contributed by atoms with Crippen molar-refractivity contribution in [3.63, 3.8) is 0 Å². The fourth-order valence-electron chi connectivity index (χ4n) is 9.15. The second-order valence-electron chi connectivity index (χ2n) is 16.2. The van der Waals surface area contributed by atoms with E-state index in [-0.39, 0.29) is 5.41 Å². The van der Waals surface area contributed by atoms with E-state index in [1.54, 1.807) is 0 Å². The summed E-state index contributed by atoms with van der Waals surface area (Å²) in [6.45, 7) is 4.67. The van der Waals surface area contributed by atoms with Crippen LogP contribution in [0.5, 0.6) is 0 Å². The highest BCUT2D eigenvalue weighted by molar-refractivity contribution is 7.25. The minimum Gasteiger partial charge on any atom is -0.311 e. The number of nitrogens with zero attached hydrogens (tertiary/aromatic N) is 1. The van der Waals surface area contributed by atoms with Gasteiger partial charge in [0.05, 0.1) is 0 Å². The summed E-state index contributed by atoms with van der Waals surface area (Å²) in [7, 11) is 0. The van der Waals surface area contributed by atoms with Gasteiger partial charge >= 0.3 is 0 Å². The normalized spacial score (nSPS) is 12.7. The highest BCUT2D eigenvalue weighted by atomic mass is 32.1. The van der Waals surface area contributed by atoms with Crippen LogP contribution in [0.1, 0.15) is 25.0 Å². The van der Waals surface area contributed by atoms with Crippen LogP contribution < -0.4 is 4.90 Å². The smallest absolute Gasteiger partial charge is 0.0462 e. The predicted octanol–water partition coefficient (Wildman–Crippen LogP) is 16.5. The van der Waals surface area contributed by atoms with Crippen molar-refractivity contribution in [2.45, 2.75) is 19.3 Å². The Morgan fingerprint density at radius 3 is 1.37 bits per heavy atom. The first kappa shape index (κ1) is 35.2. The first-order valence-electron chi connectivity index (χ1n) is 20.4. The fraction of sp³-hybridized carbons (Fsp3) is 0.0526. The zero-order chi connectivity index (χ0) is 39.5. The number of anilines is 3. The maximum absolute atomic E-state index is 2.38. The molecule has 0 atom stereocenters. The second-order valence-corrected chi connectivity index (χ2v) is 17.2. The minimum atomic E-state index is 0.0146. The molecule has 280 valence electrons. The molecule has 11 rings (SSSR count). The molecular weight excluding hydrogens is 731 g/mol. The maximum atomic E-state index is 2.38. The summed E-state index contributed by atoms with van der Waals surface area (Å²) >= 11 is 1.86. The molecule has 0 bridgehead atoms. The van der Waals surface area contributed by atoms with Crippen LogP contribution >= 0.6 is 11.3 Å². The third-order valence-electron chi connectivity index (χ3n) is 12.3. The molecule has 0 N–H and O–H groups in total. The van der Waals surface area contributed by atoms with Crippen LogP contribution in [0.2, 0.25) is 0 Å². The van der Waals surface area contributed by atoms with Gasteiger partial charge in [0.15, 0.2) is 0 Å². The van der Waals surface area contributed by atoms with Crippen LogP contribution in [-0.2, 0) is 5.41 Å². The van der Waals surface area contributed by atoms with E-state index in [0.717, 1.165) is 17.1 Å². The van der Waals surface area contributed by atoms with Gasteiger partial charge in [-0.3, -0.25) is 0 Å². The van der Waals surface area contributed by atoms with E-state index in [2.05, 4.69) is 231 Å². The van der Waals surface area contributed by atoms with Gasteiger partial charge in [0.25, 0.3) is 0 Å². The number of rotatable bonds is 7. The summed E-state index contributed by atoms with van der Waals surface area (Å²) in [5.74, 6) is 0. The molecule has 0 spiro atoms. The topological polar surface area (TPSA) is 3.24 Å². The molecule has 0 amide bonds. The molecule has 1 aliphatic rings. The van der Waals surface area contributed by atoms with Gasteiger partial charge in [-0.2, -0.15) is 0 Å². The lowest BCUT2D eigenvalue weighted by Gasteiger charge is -2.26. The molecule has 59 heavy (non-hydrogen) atoms. The Labute approximate surface area is 350 Å². The van der Waals surface area contributed by atoms with Crippen molar-refractivity contribution in [1.29, 1.82) is 0 Å². The summed E-state index contributed by atoms with van der Waals surface area (Å²) in [5, 5.41) is 2.64. The predicted molar refractivity (Wildman–Crippen MR) is 253 cm³/mol. The monoisotopic (exact) mass is 771 g/mol. The largest absolute Gasteiger partial charge is 0.311 e. The van der Waals surface area contributed by atoms with E-state index in [0.29, 0.717) is 0 Å². The average molecular weight is 772 g/mol. The Hall–Kier alpha value is -7.00. The Morgan fingerprint density at radius 1 is 0.322 bits per heavy atom. The third kappa shape index (κ3) is 6.16. The molecule has 0 aliphatic heterocycles. The molecule has 0 saturated heterocycles. The number of hydrogen-bond donors (Lipinski definition) is 0. The zero-order valence-corrected chi connectivity index (χ0v) is 33.9. The first-order chi connectivity index (χ1) is 29.0. The van der Waals surface area contributed by atoms with Gasteiger partial charge in [0.1, 0.15) is 0 Å². The van der Waals surface area contributed by atoms with Crippen LogP contribution in [0.15, 0.2) is 212 Å². The highest BCUT2D eigenvalue weighted by Crippen LogP contribution is 2.49. The van der Waals surface area contributed by atoms with Crippen molar-refractivity contribution in [2.24, 2.45) is 0 Å². The van der Waals surface area contributed by atoms with Crippen molar-refractivity contribution >= 4 is 48.6 Å². The summed E-state index contributed by atoms with van der Waals surface area (Å²) < 4.78 is 2.66. The lowest BCUT2D eigenvalue weighted by molar-refractivity contribution is 0.660. The molecule has 1 nitrogen and oxygen atoms in total. The number of benzene rings is 9. The summed E-state index contributed by atoms with van der Waals surface area (Å²) in [4.78, 5) is 2.36. The Kier molecular flexibility index (Phi) is 8.43. The van der Waals surface area contributed by atoms with Crippen molar-refractivity contribution < 1.29 is 0 Å². The van der Waals surface area contributed by atoms with E-state index < -0.39 is 0 Å². The summed E-state index contributed by atoms with van der Waals surface area (Å²) in [6.07, 6.45) is 0. The molecule has 10 aromatic rings. The SMILES string of the molecule is CC1(C)c2ccccc2-c2cc(-c3ccc(-c4ccc(N(c5ccc(-c6ccccc6)cc5)c5ccc(-c6ccc7sc8ccccc8c7c6)cc5)cc4)cc3)ccc21. The van der Waals surface area contributed by atoms with Gasteiger partial charge in [-0.05, 0) is 127 Å². The van der Waals surface area contributed by atoms with Crippen LogP contribution in [0.4, 0.5) is 17.1 Å². The maximum Gasteiger partial charge on any atom is 0.0462 e. The third-order valence-corrected chi connectivity index (χ3v) is 13.5. The van der Waals surface area contributed by atoms with Crippen LogP contribution in [0.25, 0.3) is 75.8 Å². The number of hydrogen-bond acceptors (Lipinski definition) is 2. The lowest BCUT2D eigenvalue weighted by atomic mass is 9.82. The molecule has 1 aliphatic carbocycles. The van der Waals surface area contributed by atoms with E-state index >= 15 is 0 Å². The van der Waals surface area contributed by atoms with E-state index in [1.807, 2.05) is 11.3 Å². The molecule has 0 radical (unpaired) electrons. The number of thiophene rings is 1. The van der Waals surface area contributed by atoms with Gasteiger partial charge in [-0.15, -0.1) is 11.3 Å². The molecule has 1 heterocycles. The van der Waals surface area contributed by atoms with Crippen molar-refractivity contribution in [2.75, 3.05) is 4.90 Å². The molecule has 1 aromatic heterocycles. The van der Waals surface area contributed by atoms with E-state index in [9.17, 15) is 0 Å². The van der Waals surface area contributed by atoms with Crippen molar-refractivity contribution in [1.82, 2.24) is 0 Å². The fourth-order valence-corrected chi connectivity index (χ4v) is 10.2. The van der Waals surface area contributed by atoms with E-state index in [4.69, 9.17) is 0 Å². The number of fused-ring (bicyclic) bond motifs is 6. The van der Waals surface area contributed by atoms with Crippen molar-refractivity contribution in [3.05, 3.63) is 223 Å². The van der Waals surface area contributed by atoms with Crippen molar-refractivity contribution in [3.8, 4) is 55.6 Å². The Bertz CT molecular complexity index is 3140. The van der Waals surface area contributed by atoms with Gasteiger partial charge < -0.3 is 4.90 Å². The summed E-state index contributed by atoms with van der Waals surface area (Å²) in [5.41, 5.74) is 18.6. The molecule has 0 saturated carbocycles. The lowest BCUT2D eigenvalue weighted by Crippen LogP contribution is -2.14. The Morgan fingerprint density at radius 2 is 0.746 bits per heavy atom. The quantitative estimate of drug-likeness (QED) is 0.156. The van der Waals surface area contributed by atoms with Gasteiger partial charge in [-0.1, -0.05) is 166 Å². The zero-order valence-electron chi connectivity index (χ0n) is 33.1. The molecular formula is C57H41NS. The van der Waals surface area contributed by atoms with E-state index in [1.165, 1.54) is 86.9 Å². The minimum absolute atomic E-state index is 0.0146. The van der Waals surface area contributed by atoms with Gasteiger partial charge in [0.2, 0.25) is 0 Å².